The number of nitrogens with one attached hydrogen (secondary N) is 1. The maximum absolute atomic E-state index is 14.5. The molecule has 1 amide bonds. The Morgan fingerprint density at radius 2 is 1.68 bits per heavy atom. The van der Waals surface area contributed by atoms with Crippen LogP contribution in [0.3, 0.4) is 0 Å². The number of fused-ring (bicyclic) bond motifs is 7. The molecule has 0 aromatic heterocycles. The van der Waals surface area contributed by atoms with Crippen LogP contribution in [0.2, 0.25) is 0 Å². The fourth-order valence-electron chi connectivity index (χ4n) is 10.3. The van der Waals surface area contributed by atoms with E-state index in [1.54, 1.807) is 6.08 Å². The van der Waals surface area contributed by atoms with Crippen LogP contribution in [0, 0.1) is 55.7 Å². The second-order valence-electron chi connectivity index (χ2n) is 15.4. The number of aliphatic hydroxyl groups is 2. The van der Waals surface area contributed by atoms with Gasteiger partial charge in [-0.05, 0) is 73.3 Å². The molecule has 5 rings (SSSR count). The summed E-state index contributed by atoms with van der Waals surface area (Å²) in [6, 6.07) is 2.13. The van der Waals surface area contributed by atoms with Crippen LogP contribution < -0.4 is 5.32 Å². The zero-order valence-corrected chi connectivity index (χ0v) is 25.2. The minimum Gasteiger partial charge on any atom is -0.395 e. The Hall–Kier alpha value is -2.30. The molecular weight excluding hydrogens is 504 g/mol. The molecule has 5 aliphatic carbocycles. The van der Waals surface area contributed by atoms with Crippen molar-refractivity contribution in [2.75, 3.05) is 13.2 Å². The summed E-state index contributed by atoms with van der Waals surface area (Å²) >= 11 is 0. The maximum Gasteiger partial charge on any atom is 0.226 e. The van der Waals surface area contributed by atoms with Crippen LogP contribution in [0.5, 0.6) is 0 Å². The third-order valence-corrected chi connectivity index (χ3v) is 13.2. The second-order valence-corrected chi connectivity index (χ2v) is 15.4. The molecule has 0 spiro atoms. The Kier molecular flexibility index (Phi) is 6.29. The van der Waals surface area contributed by atoms with Gasteiger partial charge in [0.25, 0.3) is 0 Å². The molecule has 7 heteroatoms. The van der Waals surface area contributed by atoms with Gasteiger partial charge >= 0.3 is 0 Å². The summed E-state index contributed by atoms with van der Waals surface area (Å²) in [7, 11) is 0. The average molecular weight is 551 g/mol. The first-order valence-electron chi connectivity index (χ1n) is 15.0. The molecule has 218 valence electrons. The third kappa shape index (κ3) is 3.33. The smallest absolute Gasteiger partial charge is 0.226 e. The van der Waals surface area contributed by atoms with E-state index < -0.39 is 38.6 Å². The number of amides is 1. The van der Waals surface area contributed by atoms with Gasteiger partial charge in [0.15, 0.2) is 11.6 Å². The SMILES string of the molecule is CC1(C)C(=O)C(C#N)=C[C@]2(C)C3=CC(=O)[C@]4(O)[C@@H]5C[C@@](C)(C(=O)NCCO)CC[C@]5(C)CC[C@@]4(C)[C@]3(C)CC[C@@H]12. The molecule has 8 atom stereocenters. The molecule has 0 radical (unpaired) electrons. The van der Waals surface area contributed by atoms with E-state index in [0.717, 1.165) is 31.3 Å². The number of hydrogen-bond acceptors (Lipinski definition) is 6. The highest BCUT2D eigenvalue weighted by molar-refractivity contribution is 6.05. The van der Waals surface area contributed by atoms with Gasteiger partial charge in [-0.25, -0.2) is 0 Å². The molecule has 0 aromatic carbocycles. The lowest BCUT2D eigenvalue weighted by molar-refractivity contribution is -0.242. The van der Waals surface area contributed by atoms with Gasteiger partial charge < -0.3 is 15.5 Å². The number of Topliss-reactive ketones (excluding diaryl/α,β-unsaturated/α-hetero) is 1. The van der Waals surface area contributed by atoms with Crippen LogP contribution >= 0.6 is 0 Å². The van der Waals surface area contributed by atoms with E-state index in [-0.39, 0.29) is 47.5 Å². The lowest BCUT2D eigenvalue weighted by Gasteiger charge is -2.71. The molecule has 0 bridgehead atoms. The topological polar surface area (TPSA) is 127 Å². The minimum atomic E-state index is -1.65. The maximum atomic E-state index is 14.5. The molecule has 7 nitrogen and oxygen atoms in total. The van der Waals surface area contributed by atoms with Crippen LogP contribution in [0.15, 0.2) is 23.3 Å². The molecule has 0 aromatic rings. The van der Waals surface area contributed by atoms with Gasteiger partial charge in [-0.1, -0.05) is 54.5 Å². The average Bonchev–Trinajstić information content (AvgIpc) is 2.89. The van der Waals surface area contributed by atoms with Crippen LogP contribution in [0.1, 0.15) is 93.4 Å². The first-order chi connectivity index (χ1) is 18.4. The molecule has 40 heavy (non-hydrogen) atoms. The number of nitriles is 1. The Morgan fingerprint density at radius 1 is 1.02 bits per heavy atom. The summed E-state index contributed by atoms with van der Waals surface area (Å²) in [4.78, 5) is 41.0. The fraction of sp³-hybridized carbons (Fsp3) is 0.758. The van der Waals surface area contributed by atoms with Crippen LogP contribution in [-0.2, 0) is 14.4 Å². The number of carbonyl (C=O) groups excluding carboxylic acids is 3. The molecular formula is C33H46N2O5. The van der Waals surface area contributed by atoms with Crippen molar-refractivity contribution >= 4 is 17.5 Å². The zero-order valence-electron chi connectivity index (χ0n) is 25.2. The Balaban J connectivity index is 1.66. The van der Waals surface area contributed by atoms with Gasteiger partial charge in [-0.2, -0.15) is 5.26 Å². The van der Waals surface area contributed by atoms with E-state index in [1.165, 1.54) is 0 Å². The van der Waals surface area contributed by atoms with Crippen LogP contribution in [-0.4, -0.2) is 46.4 Å². The van der Waals surface area contributed by atoms with Crippen molar-refractivity contribution in [1.29, 1.82) is 5.26 Å². The zero-order chi connectivity index (χ0) is 29.7. The van der Waals surface area contributed by atoms with Crippen LogP contribution in [0.25, 0.3) is 0 Å². The third-order valence-electron chi connectivity index (χ3n) is 13.2. The van der Waals surface area contributed by atoms with Crippen molar-refractivity contribution < 1.29 is 24.6 Å². The molecule has 0 unspecified atom stereocenters. The highest BCUT2D eigenvalue weighted by atomic mass is 16.3. The van der Waals surface area contributed by atoms with Gasteiger partial charge in [0.1, 0.15) is 11.7 Å². The number of ketones is 2. The molecule has 3 fully saturated rings. The lowest BCUT2D eigenvalue weighted by Crippen LogP contribution is -2.74. The molecule has 0 saturated heterocycles. The minimum absolute atomic E-state index is 0.0615. The van der Waals surface area contributed by atoms with E-state index in [9.17, 15) is 29.9 Å². The summed E-state index contributed by atoms with van der Waals surface area (Å²) in [5.74, 6) is -1.04. The van der Waals surface area contributed by atoms with E-state index in [2.05, 4.69) is 39.1 Å². The Labute approximate surface area is 238 Å². The van der Waals surface area contributed by atoms with E-state index >= 15 is 0 Å². The monoisotopic (exact) mass is 550 g/mol. The summed E-state index contributed by atoms with van der Waals surface area (Å²) in [5, 5.41) is 34.9. The fourth-order valence-corrected chi connectivity index (χ4v) is 10.3. The van der Waals surface area contributed by atoms with Crippen LogP contribution in [0.4, 0.5) is 0 Å². The second kappa shape index (κ2) is 8.61. The molecule has 3 saturated carbocycles. The highest BCUT2D eigenvalue weighted by Gasteiger charge is 2.75. The number of carbonyl (C=O) groups is 3. The predicted molar refractivity (Wildman–Crippen MR) is 150 cm³/mol. The van der Waals surface area contributed by atoms with E-state index in [4.69, 9.17) is 0 Å². The van der Waals surface area contributed by atoms with E-state index in [0.29, 0.717) is 19.3 Å². The lowest BCUT2D eigenvalue weighted by atomic mass is 9.33. The standard InChI is InChI=1S/C33H46N2O5/c1-27(2)21-8-9-31(6)22(30(21,5)17-20(19-34)25(27)38)16-24(37)33(40)23-18-29(4,26(39)35-14-15-36)11-10-28(23,3)12-13-32(31,33)7/h16-17,21,23,36,40H,8-15,18H2,1-7H3,(H,35,39)/t21-,23+,28+,29-,30-,31+,32-,33+/m0/s1. The first kappa shape index (κ1) is 29.2. The van der Waals surface area contributed by atoms with Gasteiger partial charge in [-0.3, -0.25) is 14.4 Å². The van der Waals surface area contributed by atoms with Gasteiger partial charge in [0, 0.05) is 34.1 Å². The highest BCUT2D eigenvalue weighted by Crippen LogP contribution is 2.75. The Morgan fingerprint density at radius 3 is 2.30 bits per heavy atom. The summed E-state index contributed by atoms with van der Waals surface area (Å²) in [5.41, 5.74) is -4.33. The van der Waals surface area contributed by atoms with Gasteiger partial charge in [-0.15, -0.1) is 0 Å². The van der Waals surface area contributed by atoms with Crippen molar-refractivity contribution in [1.82, 2.24) is 5.32 Å². The molecule has 3 N–H and O–H groups in total. The molecule has 0 aliphatic heterocycles. The largest absolute Gasteiger partial charge is 0.395 e. The number of allylic oxidation sites excluding steroid dienone is 3. The predicted octanol–water partition coefficient (Wildman–Crippen LogP) is 4.43. The molecule has 5 aliphatic rings. The first-order valence-corrected chi connectivity index (χ1v) is 15.0. The Bertz CT molecular complexity index is 1290. The van der Waals surface area contributed by atoms with E-state index in [1.807, 2.05) is 26.8 Å². The van der Waals surface area contributed by atoms with Crippen molar-refractivity contribution in [3.63, 3.8) is 0 Å². The summed E-state index contributed by atoms with van der Waals surface area (Å²) in [6.45, 7) is 14.3. The van der Waals surface area contributed by atoms with Crippen molar-refractivity contribution in [2.45, 2.75) is 99.0 Å². The number of hydrogen-bond donors (Lipinski definition) is 3. The molecule has 0 heterocycles. The van der Waals surface area contributed by atoms with Gasteiger partial charge in [0.05, 0.1) is 12.2 Å². The van der Waals surface area contributed by atoms with Crippen molar-refractivity contribution in [2.24, 2.45) is 44.3 Å². The van der Waals surface area contributed by atoms with Crippen molar-refractivity contribution in [3.8, 4) is 6.07 Å². The van der Waals surface area contributed by atoms with Crippen molar-refractivity contribution in [3.05, 3.63) is 23.3 Å². The number of aliphatic hydroxyl groups excluding tert-OH is 1. The summed E-state index contributed by atoms with van der Waals surface area (Å²) < 4.78 is 0. The number of rotatable bonds is 3. The van der Waals surface area contributed by atoms with Gasteiger partial charge in [0.2, 0.25) is 5.91 Å². The normalized spacial score (nSPS) is 47.4. The number of nitrogens with zero attached hydrogens (tertiary/aromatic N) is 1. The quantitative estimate of drug-likeness (QED) is 0.477. The summed E-state index contributed by atoms with van der Waals surface area (Å²) in [6.07, 6.45) is 8.31.